The van der Waals surface area contributed by atoms with Crippen LogP contribution in [0.5, 0.6) is 0 Å². The lowest BCUT2D eigenvalue weighted by Gasteiger charge is -2.07. The van der Waals surface area contributed by atoms with E-state index in [1.165, 1.54) is 22.8 Å². The van der Waals surface area contributed by atoms with Crippen LogP contribution in [0.3, 0.4) is 0 Å². The van der Waals surface area contributed by atoms with E-state index in [0.29, 0.717) is 30.2 Å². The summed E-state index contributed by atoms with van der Waals surface area (Å²) in [4.78, 5) is 30.1. The van der Waals surface area contributed by atoms with E-state index in [1.807, 2.05) is 0 Å². The summed E-state index contributed by atoms with van der Waals surface area (Å²) in [6.45, 7) is 6.41. The molecule has 2 N–H and O–H groups in total. The molecule has 2 rings (SSSR count). The van der Waals surface area contributed by atoms with Gasteiger partial charge in [0.25, 0.3) is 5.56 Å². The fraction of sp³-hybridized carbons (Fsp3) is 0.389. The molecular formula is C18H23N3O2S. The Morgan fingerprint density at radius 1 is 1.17 bits per heavy atom. The molecule has 0 saturated carbocycles. The Balaban J connectivity index is 1.70. The molecule has 6 heteroatoms. The number of H-pyrrole nitrogens is 1. The molecule has 0 unspecified atom stereocenters. The minimum atomic E-state index is -0.159. The molecule has 0 aliphatic rings. The maximum absolute atomic E-state index is 11.9. The molecule has 1 heterocycles. The molecule has 128 valence electrons. The first-order chi connectivity index (χ1) is 11.4. The zero-order valence-corrected chi connectivity index (χ0v) is 15.1. The first-order valence-electron chi connectivity index (χ1n) is 7.91. The summed E-state index contributed by atoms with van der Waals surface area (Å²) in [6, 6.07) is 7.89. The van der Waals surface area contributed by atoms with Gasteiger partial charge in [0, 0.05) is 30.5 Å². The predicted octanol–water partition coefficient (Wildman–Crippen LogP) is 2.29. The molecule has 2 aromatic rings. The Hall–Kier alpha value is -2.08. The van der Waals surface area contributed by atoms with E-state index in [1.54, 1.807) is 18.7 Å². The normalized spacial score (nSPS) is 10.6. The van der Waals surface area contributed by atoms with Gasteiger partial charge >= 0.3 is 0 Å². The Kier molecular flexibility index (Phi) is 6.61. The third-order valence-corrected chi connectivity index (χ3v) is 4.39. The molecule has 0 fully saturated rings. The van der Waals surface area contributed by atoms with Crippen LogP contribution in [0, 0.1) is 20.8 Å². The van der Waals surface area contributed by atoms with Crippen LogP contribution in [0.4, 0.5) is 0 Å². The molecule has 1 aromatic carbocycles. The van der Waals surface area contributed by atoms with Crippen molar-refractivity contribution in [1.29, 1.82) is 0 Å². The topological polar surface area (TPSA) is 74.8 Å². The SMILES string of the molecule is Cc1cc(C)cc(CSCC(=O)NCCc2nc(C)cc(=O)[nH]2)c1. The minimum Gasteiger partial charge on any atom is -0.355 e. The van der Waals surface area contributed by atoms with Crippen LogP contribution in [0.15, 0.2) is 29.1 Å². The minimum absolute atomic E-state index is 0.000579. The van der Waals surface area contributed by atoms with Crippen LogP contribution in [0.1, 0.15) is 28.2 Å². The van der Waals surface area contributed by atoms with Crippen molar-refractivity contribution in [1.82, 2.24) is 15.3 Å². The smallest absolute Gasteiger partial charge is 0.251 e. The molecule has 24 heavy (non-hydrogen) atoms. The highest BCUT2D eigenvalue weighted by molar-refractivity contribution is 7.99. The van der Waals surface area contributed by atoms with E-state index >= 15 is 0 Å². The van der Waals surface area contributed by atoms with Crippen molar-refractivity contribution in [3.63, 3.8) is 0 Å². The summed E-state index contributed by atoms with van der Waals surface area (Å²) in [5, 5.41) is 2.86. The van der Waals surface area contributed by atoms with E-state index in [9.17, 15) is 9.59 Å². The summed E-state index contributed by atoms with van der Waals surface area (Å²) in [5.74, 6) is 1.84. The van der Waals surface area contributed by atoms with Gasteiger partial charge in [0.2, 0.25) is 5.91 Å². The van der Waals surface area contributed by atoms with Gasteiger partial charge in [-0.3, -0.25) is 9.59 Å². The van der Waals surface area contributed by atoms with Gasteiger partial charge in [0.1, 0.15) is 5.82 Å². The predicted molar refractivity (Wildman–Crippen MR) is 98.4 cm³/mol. The number of hydrogen-bond acceptors (Lipinski definition) is 4. The molecule has 5 nitrogen and oxygen atoms in total. The summed E-state index contributed by atoms with van der Waals surface area (Å²) in [5.41, 5.74) is 4.26. The number of nitrogens with zero attached hydrogens (tertiary/aromatic N) is 1. The standard InChI is InChI=1S/C18H23N3O2S/c1-12-6-13(2)8-15(7-12)10-24-11-18(23)19-5-4-16-20-14(3)9-17(22)21-16/h6-9H,4-5,10-11H2,1-3H3,(H,19,23)(H,20,21,22). The number of aryl methyl sites for hydroxylation is 3. The van der Waals surface area contributed by atoms with Crippen LogP contribution < -0.4 is 10.9 Å². The number of hydrogen-bond donors (Lipinski definition) is 2. The number of carbonyl (C=O) groups excluding carboxylic acids is 1. The van der Waals surface area contributed by atoms with Crippen LogP contribution in [0.25, 0.3) is 0 Å². The maximum atomic E-state index is 11.9. The number of nitrogens with one attached hydrogen (secondary N) is 2. The number of rotatable bonds is 7. The van der Waals surface area contributed by atoms with Gasteiger partial charge in [-0.15, -0.1) is 11.8 Å². The van der Waals surface area contributed by atoms with Gasteiger partial charge in [-0.25, -0.2) is 4.98 Å². The molecule has 0 aliphatic carbocycles. The summed E-state index contributed by atoms with van der Waals surface area (Å²) < 4.78 is 0. The quantitative estimate of drug-likeness (QED) is 0.807. The zero-order valence-electron chi connectivity index (χ0n) is 14.3. The maximum Gasteiger partial charge on any atom is 0.251 e. The monoisotopic (exact) mass is 345 g/mol. The lowest BCUT2D eigenvalue weighted by atomic mass is 10.1. The van der Waals surface area contributed by atoms with Crippen molar-refractivity contribution in [2.45, 2.75) is 32.9 Å². The van der Waals surface area contributed by atoms with Crippen molar-refractivity contribution < 1.29 is 4.79 Å². The van der Waals surface area contributed by atoms with E-state index in [4.69, 9.17) is 0 Å². The third-order valence-electron chi connectivity index (χ3n) is 3.39. The second kappa shape index (κ2) is 8.68. The molecule has 0 bridgehead atoms. The van der Waals surface area contributed by atoms with Gasteiger partial charge in [0.05, 0.1) is 5.75 Å². The van der Waals surface area contributed by atoms with Crippen LogP contribution in [-0.4, -0.2) is 28.2 Å². The Bertz CT molecular complexity index is 751. The fourth-order valence-corrected chi connectivity index (χ4v) is 3.34. The summed E-state index contributed by atoms with van der Waals surface area (Å²) in [6.07, 6.45) is 0.518. The Labute approximate surface area is 146 Å². The van der Waals surface area contributed by atoms with E-state index in [-0.39, 0.29) is 11.5 Å². The van der Waals surface area contributed by atoms with E-state index < -0.39 is 0 Å². The first-order valence-corrected chi connectivity index (χ1v) is 9.06. The lowest BCUT2D eigenvalue weighted by Crippen LogP contribution is -2.28. The van der Waals surface area contributed by atoms with Crippen LogP contribution in [0.2, 0.25) is 0 Å². The van der Waals surface area contributed by atoms with Crippen molar-refractivity contribution in [3.05, 3.63) is 62.8 Å². The summed E-state index contributed by atoms with van der Waals surface area (Å²) in [7, 11) is 0. The number of amides is 1. The molecule has 0 atom stereocenters. The molecule has 0 aliphatic heterocycles. The first kappa shape index (κ1) is 18.3. The van der Waals surface area contributed by atoms with Gasteiger partial charge in [-0.2, -0.15) is 0 Å². The number of thioether (sulfide) groups is 1. The van der Waals surface area contributed by atoms with E-state index in [2.05, 4.69) is 47.3 Å². The lowest BCUT2D eigenvalue weighted by molar-refractivity contribution is -0.118. The van der Waals surface area contributed by atoms with Gasteiger partial charge in [0.15, 0.2) is 0 Å². The Morgan fingerprint density at radius 2 is 1.88 bits per heavy atom. The third kappa shape index (κ3) is 6.20. The molecule has 0 saturated heterocycles. The van der Waals surface area contributed by atoms with Crippen LogP contribution in [-0.2, 0) is 17.0 Å². The van der Waals surface area contributed by atoms with Gasteiger partial charge in [-0.05, 0) is 26.3 Å². The highest BCUT2D eigenvalue weighted by Crippen LogP contribution is 2.15. The number of carbonyl (C=O) groups is 1. The molecule has 0 spiro atoms. The molecule has 1 amide bonds. The van der Waals surface area contributed by atoms with Crippen molar-refractivity contribution in [2.24, 2.45) is 0 Å². The van der Waals surface area contributed by atoms with Gasteiger partial charge in [-0.1, -0.05) is 29.3 Å². The average molecular weight is 345 g/mol. The van der Waals surface area contributed by atoms with E-state index in [0.717, 1.165) is 5.75 Å². The summed E-state index contributed by atoms with van der Waals surface area (Å²) >= 11 is 1.60. The van der Waals surface area contributed by atoms with Crippen molar-refractivity contribution in [3.8, 4) is 0 Å². The van der Waals surface area contributed by atoms with Crippen molar-refractivity contribution in [2.75, 3.05) is 12.3 Å². The Morgan fingerprint density at radius 3 is 2.54 bits per heavy atom. The second-order valence-corrected chi connectivity index (χ2v) is 6.91. The largest absolute Gasteiger partial charge is 0.355 e. The molecule has 1 aromatic heterocycles. The highest BCUT2D eigenvalue weighted by Gasteiger charge is 2.04. The van der Waals surface area contributed by atoms with Crippen molar-refractivity contribution >= 4 is 17.7 Å². The highest BCUT2D eigenvalue weighted by atomic mass is 32.2. The average Bonchev–Trinajstić information content (AvgIpc) is 2.45. The molecular weight excluding hydrogens is 322 g/mol. The zero-order chi connectivity index (χ0) is 17.5. The fourth-order valence-electron chi connectivity index (χ4n) is 2.54. The number of aromatic nitrogens is 2. The molecule has 0 radical (unpaired) electrons. The second-order valence-electron chi connectivity index (χ2n) is 5.92. The van der Waals surface area contributed by atoms with Gasteiger partial charge < -0.3 is 10.3 Å². The van der Waals surface area contributed by atoms with Crippen LogP contribution >= 0.6 is 11.8 Å². The number of aromatic amines is 1. The number of benzene rings is 1.